The van der Waals surface area contributed by atoms with Gasteiger partial charge in [0.2, 0.25) is 0 Å². The summed E-state index contributed by atoms with van der Waals surface area (Å²) in [6, 6.07) is 23.5. The van der Waals surface area contributed by atoms with Gasteiger partial charge in [-0.2, -0.15) is 0 Å². The first-order chi connectivity index (χ1) is 17.0. The average Bonchev–Trinajstić information content (AvgIpc) is 2.97. The number of hydrogen-bond acceptors (Lipinski definition) is 3. The molecule has 3 amide bonds. The van der Waals surface area contributed by atoms with Crippen molar-refractivity contribution in [1.29, 1.82) is 0 Å². The van der Waals surface area contributed by atoms with Crippen LogP contribution in [0, 0.1) is 11.8 Å². The van der Waals surface area contributed by atoms with Gasteiger partial charge in [0.05, 0.1) is 17.8 Å². The molecule has 0 saturated heterocycles. The number of rotatable bonds is 4. The number of fused-ring (bicyclic) bond motifs is 2. The van der Waals surface area contributed by atoms with Crippen LogP contribution >= 0.6 is 11.8 Å². The second-order valence-electron chi connectivity index (χ2n) is 9.63. The van der Waals surface area contributed by atoms with Gasteiger partial charge in [0.15, 0.2) is 0 Å². The number of carbonyl (C=O) groups is 2. The molecule has 2 aliphatic rings. The molecule has 1 fully saturated rings. The summed E-state index contributed by atoms with van der Waals surface area (Å²) in [5.41, 5.74) is 3.22. The lowest BCUT2D eigenvalue weighted by Crippen LogP contribution is -2.45. The van der Waals surface area contributed by atoms with Crippen LogP contribution in [0.2, 0.25) is 0 Å². The molecule has 3 atom stereocenters. The van der Waals surface area contributed by atoms with E-state index in [9.17, 15) is 9.59 Å². The molecule has 0 aromatic heterocycles. The van der Waals surface area contributed by atoms with E-state index < -0.39 is 0 Å². The molecule has 1 aliphatic carbocycles. The maximum absolute atomic E-state index is 13.7. The van der Waals surface area contributed by atoms with Crippen molar-refractivity contribution < 1.29 is 9.59 Å². The monoisotopic (exact) mass is 485 g/mol. The third kappa shape index (κ3) is 5.08. The highest BCUT2D eigenvalue weighted by molar-refractivity contribution is 7.99. The summed E-state index contributed by atoms with van der Waals surface area (Å²) >= 11 is 1.59. The Balaban J connectivity index is 1.43. The number of amides is 3. The zero-order chi connectivity index (χ0) is 24.4. The Labute approximate surface area is 211 Å². The Hall–Kier alpha value is -3.25. The second kappa shape index (κ2) is 10.2. The van der Waals surface area contributed by atoms with Crippen LogP contribution in [-0.2, 0) is 6.54 Å². The van der Waals surface area contributed by atoms with E-state index in [0.29, 0.717) is 29.6 Å². The Morgan fingerprint density at radius 1 is 0.971 bits per heavy atom. The molecule has 5 nitrogen and oxygen atoms in total. The fourth-order valence-corrected chi connectivity index (χ4v) is 6.10. The van der Waals surface area contributed by atoms with E-state index in [1.54, 1.807) is 11.8 Å². The van der Waals surface area contributed by atoms with Gasteiger partial charge in [0.25, 0.3) is 5.91 Å². The minimum atomic E-state index is -0.193. The van der Waals surface area contributed by atoms with Crippen molar-refractivity contribution in [2.45, 2.75) is 55.5 Å². The number of benzene rings is 3. The maximum atomic E-state index is 13.7. The Morgan fingerprint density at radius 2 is 1.74 bits per heavy atom. The van der Waals surface area contributed by atoms with E-state index in [1.165, 1.54) is 6.42 Å². The third-order valence-electron chi connectivity index (χ3n) is 7.30. The first-order valence-electron chi connectivity index (χ1n) is 12.3. The van der Waals surface area contributed by atoms with E-state index in [1.807, 2.05) is 77.7 Å². The number of carbonyl (C=O) groups excluding carboxylic acids is 2. The van der Waals surface area contributed by atoms with E-state index >= 15 is 0 Å². The fourth-order valence-electron chi connectivity index (χ4n) is 5.04. The second-order valence-corrected chi connectivity index (χ2v) is 10.7. The minimum absolute atomic E-state index is 0.0395. The first-order valence-corrected chi connectivity index (χ1v) is 13.2. The third-order valence-corrected chi connectivity index (χ3v) is 8.44. The Bertz CT molecular complexity index is 1230. The fraction of sp³-hybridized carbons (Fsp3) is 0.310. The largest absolute Gasteiger partial charge is 0.335 e. The Kier molecular flexibility index (Phi) is 6.82. The van der Waals surface area contributed by atoms with Crippen LogP contribution in [0.25, 0.3) is 0 Å². The summed E-state index contributed by atoms with van der Waals surface area (Å²) in [4.78, 5) is 30.3. The van der Waals surface area contributed by atoms with Gasteiger partial charge in [0.1, 0.15) is 0 Å². The standard InChI is InChI=1S/C29H31N3O2S/c1-19-9-8-13-24(20(19)2)31-29(34)30-22-15-16-27-25(17-22)32(18-21-10-4-3-5-11-21)28(33)23-12-6-7-14-26(23)35-27/h3-7,10-12,14-17,19-20,24H,8-9,13,18H2,1-2H3,(H2,30,31,34)/t19-,20-,24+/m1/s1. The molecule has 3 aromatic carbocycles. The highest BCUT2D eigenvalue weighted by Crippen LogP contribution is 2.43. The molecule has 3 aromatic rings. The molecule has 1 aliphatic heterocycles. The van der Waals surface area contributed by atoms with Crippen molar-refractivity contribution >= 4 is 35.1 Å². The predicted octanol–water partition coefficient (Wildman–Crippen LogP) is 6.94. The molecule has 6 heteroatoms. The van der Waals surface area contributed by atoms with Crippen LogP contribution < -0.4 is 15.5 Å². The van der Waals surface area contributed by atoms with Crippen molar-refractivity contribution in [2.75, 3.05) is 10.2 Å². The lowest BCUT2D eigenvalue weighted by molar-refractivity contribution is 0.0982. The number of urea groups is 1. The highest BCUT2D eigenvalue weighted by Gasteiger charge is 2.29. The zero-order valence-corrected chi connectivity index (χ0v) is 21.0. The van der Waals surface area contributed by atoms with Gasteiger partial charge >= 0.3 is 6.03 Å². The van der Waals surface area contributed by atoms with Crippen molar-refractivity contribution in [1.82, 2.24) is 5.32 Å². The van der Waals surface area contributed by atoms with Crippen molar-refractivity contribution in [3.05, 3.63) is 83.9 Å². The van der Waals surface area contributed by atoms with Crippen LogP contribution in [0.3, 0.4) is 0 Å². The molecule has 0 bridgehead atoms. The van der Waals surface area contributed by atoms with Crippen molar-refractivity contribution in [2.24, 2.45) is 11.8 Å². The molecule has 1 heterocycles. The van der Waals surface area contributed by atoms with Crippen molar-refractivity contribution in [3.63, 3.8) is 0 Å². The van der Waals surface area contributed by atoms with Crippen LogP contribution in [0.5, 0.6) is 0 Å². The van der Waals surface area contributed by atoms with E-state index in [4.69, 9.17) is 0 Å². The topological polar surface area (TPSA) is 61.4 Å². The number of nitrogens with zero attached hydrogens (tertiary/aromatic N) is 1. The first kappa shape index (κ1) is 23.5. The summed E-state index contributed by atoms with van der Waals surface area (Å²) in [6.45, 7) is 4.94. The maximum Gasteiger partial charge on any atom is 0.319 e. The molecule has 2 N–H and O–H groups in total. The smallest absolute Gasteiger partial charge is 0.319 e. The average molecular weight is 486 g/mol. The quantitative estimate of drug-likeness (QED) is 0.421. The summed E-state index contributed by atoms with van der Waals surface area (Å²) < 4.78 is 0. The highest BCUT2D eigenvalue weighted by atomic mass is 32.2. The molecule has 180 valence electrons. The molecule has 0 radical (unpaired) electrons. The molecule has 5 rings (SSSR count). The lowest BCUT2D eigenvalue weighted by atomic mass is 9.78. The molecule has 1 saturated carbocycles. The van der Waals surface area contributed by atoms with Gasteiger partial charge < -0.3 is 15.5 Å². The van der Waals surface area contributed by atoms with Gasteiger partial charge in [-0.25, -0.2) is 4.79 Å². The SMILES string of the molecule is C[C@@H]1[C@H](C)CCC[C@@H]1NC(=O)Nc1ccc2c(c1)N(Cc1ccccc1)C(=O)c1ccccc1S2. The van der Waals surface area contributed by atoms with Gasteiger partial charge in [-0.1, -0.05) is 80.9 Å². The van der Waals surface area contributed by atoms with Crippen LogP contribution in [0.1, 0.15) is 49.0 Å². The predicted molar refractivity (Wildman–Crippen MR) is 142 cm³/mol. The van der Waals surface area contributed by atoms with E-state index in [-0.39, 0.29) is 18.0 Å². The Morgan fingerprint density at radius 3 is 2.57 bits per heavy atom. The number of anilines is 2. The van der Waals surface area contributed by atoms with Gasteiger partial charge in [0, 0.05) is 21.5 Å². The molecule has 0 unspecified atom stereocenters. The van der Waals surface area contributed by atoms with Crippen LogP contribution in [0.4, 0.5) is 16.2 Å². The zero-order valence-electron chi connectivity index (χ0n) is 20.2. The summed E-state index contributed by atoms with van der Waals surface area (Å²) in [7, 11) is 0. The van der Waals surface area contributed by atoms with Crippen LogP contribution in [-0.4, -0.2) is 18.0 Å². The minimum Gasteiger partial charge on any atom is -0.335 e. The molecule has 0 spiro atoms. The molecular weight excluding hydrogens is 454 g/mol. The summed E-state index contributed by atoms with van der Waals surface area (Å²) in [5, 5.41) is 6.20. The van der Waals surface area contributed by atoms with E-state index in [2.05, 4.69) is 24.5 Å². The molecule has 35 heavy (non-hydrogen) atoms. The molecular formula is C29H31N3O2S. The summed E-state index contributed by atoms with van der Waals surface area (Å²) in [6.07, 6.45) is 3.37. The van der Waals surface area contributed by atoms with Crippen LogP contribution in [0.15, 0.2) is 82.6 Å². The summed E-state index contributed by atoms with van der Waals surface area (Å²) in [5.74, 6) is 1.02. The normalized spacial score (nSPS) is 21.5. The number of hydrogen-bond donors (Lipinski definition) is 2. The number of nitrogens with one attached hydrogen (secondary N) is 2. The van der Waals surface area contributed by atoms with Gasteiger partial charge in [-0.15, -0.1) is 0 Å². The van der Waals surface area contributed by atoms with Crippen molar-refractivity contribution in [3.8, 4) is 0 Å². The van der Waals surface area contributed by atoms with Gasteiger partial charge in [-0.3, -0.25) is 4.79 Å². The van der Waals surface area contributed by atoms with Gasteiger partial charge in [-0.05, 0) is 54.2 Å². The van der Waals surface area contributed by atoms with E-state index in [0.717, 1.165) is 33.9 Å². The lowest BCUT2D eigenvalue weighted by Gasteiger charge is -2.34.